The molecule has 0 aliphatic carbocycles. The quantitative estimate of drug-likeness (QED) is 0.414. The Balaban J connectivity index is 2.92. The number of hydrogen-bond donors (Lipinski definition) is 0. The maximum Gasteiger partial charge on any atom is 0.0375 e. The number of azide groups is 1. The summed E-state index contributed by atoms with van der Waals surface area (Å²) >= 11 is 3.17. The van der Waals surface area contributed by atoms with Crippen LogP contribution in [-0.4, -0.2) is 0 Å². The van der Waals surface area contributed by atoms with Gasteiger partial charge in [-0.15, -0.1) is 0 Å². The van der Waals surface area contributed by atoms with Crippen LogP contribution >= 0.6 is 15.9 Å². The molecule has 0 atom stereocenters. The third-order valence-electron chi connectivity index (χ3n) is 1.31. The maximum atomic E-state index is 8.13. The van der Waals surface area contributed by atoms with Crippen LogP contribution in [0.5, 0.6) is 0 Å². The first kappa shape index (κ1) is 8.84. The fraction of sp³-hybridized carbons (Fsp3) is 0. The van der Waals surface area contributed by atoms with Crippen LogP contribution in [0.2, 0.25) is 0 Å². The Kier molecular flexibility index (Phi) is 3.38. The second-order valence-electron chi connectivity index (χ2n) is 2.07. The van der Waals surface area contributed by atoms with E-state index in [0.29, 0.717) is 5.69 Å². The van der Waals surface area contributed by atoms with Gasteiger partial charge < -0.3 is 0 Å². The van der Waals surface area contributed by atoms with E-state index in [-0.39, 0.29) is 0 Å². The number of benzene rings is 1. The molecule has 4 heteroatoms. The SMILES string of the molecule is [N-]=[N+]=Nc1ccc(C=CBr)cc1. The minimum absolute atomic E-state index is 0.629. The first-order valence-electron chi connectivity index (χ1n) is 3.29. The van der Waals surface area contributed by atoms with E-state index < -0.39 is 0 Å². The highest BCUT2D eigenvalue weighted by Gasteiger charge is 1.87. The molecule has 3 nitrogen and oxygen atoms in total. The van der Waals surface area contributed by atoms with Gasteiger partial charge in [0.1, 0.15) is 0 Å². The molecular formula is C8H6BrN3. The summed E-state index contributed by atoms with van der Waals surface area (Å²) in [4.78, 5) is 4.45. The van der Waals surface area contributed by atoms with Crippen LogP contribution in [0, 0.1) is 0 Å². The summed E-state index contributed by atoms with van der Waals surface area (Å²) in [6.45, 7) is 0. The Labute approximate surface area is 78.5 Å². The van der Waals surface area contributed by atoms with Crippen LogP contribution < -0.4 is 0 Å². The third-order valence-corrected chi connectivity index (χ3v) is 1.57. The molecule has 0 bridgehead atoms. The smallest absolute Gasteiger partial charge is 0.0375 e. The van der Waals surface area contributed by atoms with E-state index in [9.17, 15) is 0 Å². The molecule has 0 saturated carbocycles. The van der Waals surface area contributed by atoms with Gasteiger partial charge in [0, 0.05) is 10.6 Å². The molecule has 0 aliphatic rings. The Bertz CT molecular complexity index is 323. The zero-order valence-electron chi connectivity index (χ0n) is 6.18. The van der Waals surface area contributed by atoms with Gasteiger partial charge in [-0.05, 0) is 22.2 Å². The van der Waals surface area contributed by atoms with Crippen molar-refractivity contribution in [2.75, 3.05) is 0 Å². The molecule has 0 radical (unpaired) electrons. The van der Waals surface area contributed by atoms with Gasteiger partial charge in [0.25, 0.3) is 0 Å². The van der Waals surface area contributed by atoms with E-state index >= 15 is 0 Å². The van der Waals surface area contributed by atoms with E-state index in [2.05, 4.69) is 26.0 Å². The van der Waals surface area contributed by atoms with Gasteiger partial charge in [-0.1, -0.05) is 45.3 Å². The molecule has 0 unspecified atom stereocenters. The maximum absolute atomic E-state index is 8.13. The lowest BCUT2D eigenvalue weighted by molar-refractivity contribution is 1.47. The Morgan fingerprint density at radius 3 is 2.50 bits per heavy atom. The fourth-order valence-corrected chi connectivity index (χ4v) is 1.08. The monoisotopic (exact) mass is 223 g/mol. The van der Waals surface area contributed by atoms with Crippen molar-refractivity contribution in [3.05, 3.63) is 45.3 Å². The van der Waals surface area contributed by atoms with Gasteiger partial charge in [0.2, 0.25) is 0 Å². The van der Waals surface area contributed by atoms with E-state index in [1.807, 2.05) is 18.2 Å². The van der Waals surface area contributed by atoms with Gasteiger partial charge in [-0.2, -0.15) is 0 Å². The molecule has 1 rings (SSSR count). The Morgan fingerprint density at radius 2 is 2.00 bits per heavy atom. The topological polar surface area (TPSA) is 48.8 Å². The van der Waals surface area contributed by atoms with Crippen LogP contribution in [0.3, 0.4) is 0 Å². The van der Waals surface area contributed by atoms with E-state index in [1.165, 1.54) is 0 Å². The molecule has 0 aromatic heterocycles. The molecule has 60 valence electrons. The molecule has 1 aromatic rings. The largest absolute Gasteiger partial charge is 0.0608 e. The summed E-state index contributed by atoms with van der Waals surface area (Å²) in [7, 11) is 0. The van der Waals surface area contributed by atoms with Crippen molar-refractivity contribution in [1.29, 1.82) is 0 Å². The number of rotatable bonds is 2. The molecule has 0 amide bonds. The van der Waals surface area contributed by atoms with Crippen molar-refractivity contribution in [2.45, 2.75) is 0 Å². The van der Waals surface area contributed by atoms with E-state index in [1.54, 1.807) is 17.1 Å². The normalized spacial score (nSPS) is 9.75. The van der Waals surface area contributed by atoms with Crippen LogP contribution in [0.25, 0.3) is 16.5 Å². The standard InChI is InChI=1S/C8H6BrN3/c9-6-5-7-1-3-8(4-2-7)11-12-10/h1-6H. The molecule has 0 aliphatic heterocycles. The first-order chi connectivity index (χ1) is 5.86. The van der Waals surface area contributed by atoms with Gasteiger partial charge in [-0.25, -0.2) is 0 Å². The summed E-state index contributed by atoms with van der Waals surface area (Å²) < 4.78 is 0. The lowest BCUT2D eigenvalue weighted by atomic mass is 10.2. The van der Waals surface area contributed by atoms with E-state index in [4.69, 9.17) is 5.53 Å². The molecule has 0 spiro atoms. The highest BCUT2D eigenvalue weighted by Crippen LogP contribution is 2.14. The predicted octanol–water partition coefficient (Wildman–Crippen LogP) is 3.99. The fourth-order valence-electron chi connectivity index (χ4n) is 0.776. The van der Waals surface area contributed by atoms with Crippen LogP contribution in [0.15, 0.2) is 34.4 Å². The van der Waals surface area contributed by atoms with Crippen LogP contribution in [0.1, 0.15) is 5.56 Å². The number of hydrogen-bond acceptors (Lipinski definition) is 1. The summed E-state index contributed by atoms with van der Waals surface area (Å²) in [5.74, 6) is 0. The molecule has 0 N–H and O–H groups in total. The first-order valence-corrected chi connectivity index (χ1v) is 4.20. The zero-order chi connectivity index (χ0) is 8.81. The average Bonchev–Trinajstić information content (AvgIpc) is 2.09. The lowest BCUT2D eigenvalue weighted by Crippen LogP contribution is -1.67. The molecule has 1 aromatic carbocycles. The molecule has 0 heterocycles. The average molecular weight is 224 g/mol. The van der Waals surface area contributed by atoms with Gasteiger partial charge in [-0.3, -0.25) is 0 Å². The van der Waals surface area contributed by atoms with Gasteiger partial charge in [0.15, 0.2) is 0 Å². The van der Waals surface area contributed by atoms with E-state index in [0.717, 1.165) is 5.56 Å². The summed E-state index contributed by atoms with van der Waals surface area (Å²) in [5, 5.41) is 3.45. The van der Waals surface area contributed by atoms with Crippen molar-refractivity contribution >= 4 is 27.7 Å². The summed E-state index contributed by atoms with van der Waals surface area (Å²) in [6.07, 6.45) is 1.90. The highest BCUT2D eigenvalue weighted by molar-refractivity contribution is 9.11. The lowest BCUT2D eigenvalue weighted by Gasteiger charge is -1.92. The van der Waals surface area contributed by atoms with Crippen LogP contribution in [0.4, 0.5) is 5.69 Å². The predicted molar refractivity (Wildman–Crippen MR) is 53.2 cm³/mol. The van der Waals surface area contributed by atoms with Gasteiger partial charge in [0.05, 0.1) is 0 Å². The molecule has 0 fully saturated rings. The summed E-state index contributed by atoms with van der Waals surface area (Å²) in [5.41, 5.74) is 9.82. The van der Waals surface area contributed by atoms with Crippen molar-refractivity contribution in [1.82, 2.24) is 0 Å². The minimum Gasteiger partial charge on any atom is -0.0608 e. The Morgan fingerprint density at radius 1 is 1.33 bits per heavy atom. The molecule has 0 saturated heterocycles. The number of nitrogens with zero attached hydrogens (tertiary/aromatic N) is 3. The summed E-state index contributed by atoms with van der Waals surface area (Å²) in [6, 6.07) is 7.29. The van der Waals surface area contributed by atoms with Crippen molar-refractivity contribution in [3.63, 3.8) is 0 Å². The highest BCUT2D eigenvalue weighted by atomic mass is 79.9. The van der Waals surface area contributed by atoms with Gasteiger partial charge >= 0.3 is 0 Å². The van der Waals surface area contributed by atoms with Crippen molar-refractivity contribution < 1.29 is 0 Å². The second kappa shape index (κ2) is 4.59. The van der Waals surface area contributed by atoms with Crippen molar-refractivity contribution in [2.24, 2.45) is 5.11 Å². The third kappa shape index (κ3) is 2.42. The number of halogens is 1. The molecular weight excluding hydrogens is 218 g/mol. The second-order valence-corrected chi connectivity index (χ2v) is 2.60. The minimum atomic E-state index is 0.629. The molecule has 12 heavy (non-hydrogen) atoms. The van der Waals surface area contributed by atoms with Crippen molar-refractivity contribution in [3.8, 4) is 0 Å². The zero-order valence-corrected chi connectivity index (χ0v) is 7.77. The van der Waals surface area contributed by atoms with Crippen LogP contribution in [-0.2, 0) is 0 Å². The Hall–Kier alpha value is -1.25.